The summed E-state index contributed by atoms with van der Waals surface area (Å²) in [5.41, 5.74) is 0.425. The number of nitrogens with one attached hydrogen (secondary N) is 1. The lowest BCUT2D eigenvalue weighted by Crippen LogP contribution is -2.39. The molecule has 0 atom stereocenters. The van der Waals surface area contributed by atoms with Gasteiger partial charge in [0.25, 0.3) is 0 Å². The Balaban J connectivity index is 2.91. The van der Waals surface area contributed by atoms with Gasteiger partial charge in [0, 0.05) is 6.92 Å². The topological polar surface area (TPSA) is 29.1 Å². The number of amides is 1. The number of benzene rings is 1. The van der Waals surface area contributed by atoms with E-state index < -0.39 is 5.54 Å². The van der Waals surface area contributed by atoms with Crippen LogP contribution in [0.4, 0.5) is 4.39 Å². The standard InChI is InChI=1S/C11H14FNO/c1-8(14)13-11(2,3)9-4-6-10(12)7-5-9/h4-7H,1-3H3,(H,13,14). The zero-order chi connectivity index (χ0) is 10.8. The molecule has 0 aromatic heterocycles. The third kappa shape index (κ3) is 2.55. The summed E-state index contributed by atoms with van der Waals surface area (Å²) >= 11 is 0. The molecule has 1 amide bonds. The Labute approximate surface area is 83.1 Å². The smallest absolute Gasteiger partial charge is 0.217 e. The Kier molecular flexibility index (Phi) is 2.89. The zero-order valence-electron chi connectivity index (χ0n) is 8.60. The molecule has 0 aliphatic rings. The second-order valence-corrected chi connectivity index (χ2v) is 3.81. The summed E-state index contributed by atoms with van der Waals surface area (Å²) in [4.78, 5) is 10.9. The van der Waals surface area contributed by atoms with Crippen molar-refractivity contribution >= 4 is 5.91 Å². The van der Waals surface area contributed by atoms with Gasteiger partial charge in [-0.05, 0) is 31.5 Å². The highest BCUT2D eigenvalue weighted by Gasteiger charge is 2.20. The van der Waals surface area contributed by atoms with Gasteiger partial charge in [0.2, 0.25) is 5.91 Å². The Morgan fingerprint density at radius 3 is 2.21 bits per heavy atom. The summed E-state index contributed by atoms with van der Waals surface area (Å²) in [5.74, 6) is -0.369. The first-order valence-electron chi connectivity index (χ1n) is 4.46. The van der Waals surface area contributed by atoms with Crippen LogP contribution in [0.3, 0.4) is 0 Å². The Bertz CT molecular complexity index is 330. The number of carbonyl (C=O) groups excluding carboxylic acids is 1. The molecule has 0 spiro atoms. The lowest BCUT2D eigenvalue weighted by atomic mass is 9.94. The van der Waals surface area contributed by atoms with Crippen molar-refractivity contribution in [1.29, 1.82) is 0 Å². The molecule has 3 heteroatoms. The molecule has 0 unspecified atom stereocenters. The van der Waals surface area contributed by atoms with Crippen LogP contribution in [0, 0.1) is 5.82 Å². The van der Waals surface area contributed by atoms with Gasteiger partial charge in [0.1, 0.15) is 5.82 Å². The van der Waals surface area contributed by atoms with Crippen LogP contribution < -0.4 is 5.32 Å². The van der Waals surface area contributed by atoms with Crippen LogP contribution in [0.5, 0.6) is 0 Å². The minimum atomic E-state index is -0.459. The summed E-state index contributed by atoms with van der Waals surface area (Å²) in [6, 6.07) is 6.12. The molecule has 1 rings (SSSR count). The van der Waals surface area contributed by atoms with E-state index in [1.807, 2.05) is 13.8 Å². The Morgan fingerprint density at radius 2 is 1.79 bits per heavy atom. The van der Waals surface area contributed by atoms with Crippen molar-refractivity contribution in [2.24, 2.45) is 0 Å². The van der Waals surface area contributed by atoms with Crippen LogP contribution in [0.25, 0.3) is 0 Å². The molecule has 0 aliphatic carbocycles. The third-order valence-electron chi connectivity index (χ3n) is 2.05. The van der Waals surface area contributed by atoms with Gasteiger partial charge >= 0.3 is 0 Å². The third-order valence-corrected chi connectivity index (χ3v) is 2.05. The number of hydrogen-bond acceptors (Lipinski definition) is 1. The van der Waals surface area contributed by atoms with E-state index in [0.717, 1.165) is 5.56 Å². The summed E-state index contributed by atoms with van der Waals surface area (Å²) in [6.45, 7) is 5.22. The molecule has 1 N–H and O–H groups in total. The molecule has 1 aromatic carbocycles. The van der Waals surface area contributed by atoms with E-state index in [1.165, 1.54) is 19.1 Å². The van der Waals surface area contributed by atoms with Crippen molar-refractivity contribution in [2.45, 2.75) is 26.3 Å². The molecule has 0 bridgehead atoms. The maximum atomic E-state index is 12.7. The van der Waals surface area contributed by atoms with Gasteiger partial charge in [-0.25, -0.2) is 4.39 Å². The number of rotatable bonds is 2. The number of hydrogen-bond donors (Lipinski definition) is 1. The minimum absolute atomic E-state index is 0.0978. The maximum absolute atomic E-state index is 12.7. The fraction of sp³-hybridized carbons (Fsp3) is 0.364. The van der Waals surface area contributed by atoms with E-state index in [0.29, 0.717) is 0 Å². The molecule has 14 heavy (non-hydrogen) atoms. The largest absolute Gasteiger partial charge is 0.347 e. The lowest BCUT2D eigenvalue weighted by Gasteiger charge is -2.26. The van der Waals surface area contributed by atoms with Crippen molar-refractivity contribution in [1.82, 2.24) is 5.32 Å². The molecular weight excluding hydrogens is 181 g/mol. The lowest BCUT2D eigenvalue weighted by molar-refractivity contribution is -0.120. The van der Waals surface area contributed by atoms with Gasteiger partial charge in [0.15, 0.2) is 0 Å². The Morgan fingerprint density at radius 1 is 1.29 bits per heavy atom. The second kappa shape index (κ2) is 3.78. The first kappa shape index (κ1) is 10.7. The maximum Gasteiger partial charge on any atom is 0.217 e. The predicted octanol–water partition coefficient (Wildman–Crippen LogP) is 2.20. The zero-order valence-corrected chi connectivity index (χ0v) is 8.60. The average molecular weight is 195 g/mol. The van der Waals surface area contributed by atoms with Crippen LogP contribution in [-0.2, 0) is 10.3 Å². The van der Waals surface area contributed by atoms with Gasteiger partial charge in [-0.1, -0.05) is 12.1 Å². The van der Waals surface area contributed by atoms with Crippen LogP contribution in [0.15, 0.2) is 24.3 Å². The van der Waals surface area contributed by atoms with Gasteiger partial charge in [-0.3, -0.25) is 4.79 Å². The van der Waals surface area contributed by atoms with E-state index in [4.69, 9.17) is 0 Å². The number of halogens is 1. The quantitative estimate of drug-likeness (QED) is 0.770. The summed E-state index contributed by atoms with van der Waals surface area (Å²) in [7, 11) is 0. The monoisotopic (exact) mass is 195 g/mol. The van der Waals surface area contributed by atoms with E-state index in [1.54, 1.807) is 12.1 Å². The Hall–Kier alpha value is -1.38. The molecule has 0 saturated carbocycles. The molecular formula is C11H14FNO. The fourth-order valence-electron chi connectivity index (χ4n) is 1.38. The first-order chi connectivity index (χ1) is 6.42. The molecule has 76 valence electrons. The molecule has 2 nitrogen and oxygen atoms in total. The minimum Gasteiger partial charge on any atom is -0.347 e. The highest BCUT2D eigenvalue weighted by molar-refractivity contribution is 5.74. The van der Waals surface area contributed by atoms with Gasteiger partial charge in [-0.2, -0.15) is 0 Å². The summed E-state index contributed by atoms with van der Waals surface area (Å²) in [5, 5.41) is 2.79. The molecule has 0 fully saturated rings. The van der Waals surface area contributed by atoms with Crippen LogP contribution in [0.2, 0.25) is 0 Å². The van der Waals surface area contributed by atoms with Crippen molar-refractivity contribution in [3.8, 4) is 0 Å². The highest BCUT2D eigenvalue weighted by Crippen LogP contribution is 2.19. The molecule has 0 saturated heterocycles. The highest BCUT2D eigenvalue weighted by atomic mass is 19.1. The van der Waals surface area contributed by atoms with E-state index in [9.17, 15) is 9.18 Å². The van der Waals surface area contributed by atoms with E-state index in [-0.39, 0.29) is 11.7 Å². The van der Waals surface area contributed by atoms with E-state index in [2.05, 4.69) is 5.32 Å². The van der Waals surface area contributed by atoms with Crippen molar-refractivity contribution in [3.05, 3.63) is 35.6 Å². The number of carbonyl (C=O) groups is 1. The van der Waals surface area contributed by atoms with Crippen LogP contribution in [0.1, 0.15) is 26.3 Å². The summed E-state index contributed by atoms with van der Waals surface area (Å²) < 4.78 is 12.7. The SMILES string of the molecule is CC(=O)NC(C)(C)c1ccc(F)cc1. The van der Waals surface area contributed by atoms with Gasteiger partial charge in [0.05, 0.1) is 5.54 Å². The molecule has 0 heterocycles. The molecule has 0 radical (unpaired) electrons. The van der Waals surface area contributed by atoms with Gasteiger partial charge in [-0.15, -0.1) is 0 Å². The fourth-order valence-corrected chi connectivity index (χ4v) is 1.38. The van der Waals surface area contributed by atoms with Crippen LogP contribution in [-0.4, -0.2) is 5.91 Å². The first-order valence-corrected chi connectivity index (χ1v) is 4.46. The summed E-state index contributed by atoms with van der Waals surface area (Å²) in [6.07, 6.45) is 0. The van der Waals surface area contributed by atoms with Gasteiger partial charge < -0.3 is 5.32 Å². The molecule has 0 aliphatic heterocycles. The van der Waals surface area contributed by atoms with Crippen LogP contribution >= 0.6 is 0 Å². The van der Waals surface area contributed by atoms with Crippen molar-refractivity contribution in [2.75, 3.05) is 0 Å². The predicted molar refractivity (Wildman–Crippen MR) is 53.2 cm³/mol. The molecule has 1 aromatic rings. The van der Waals surface area contributed by atoms with E-state index >= 15 is 0 Å². The normalized spacial score (nSPS) is 11.1. The van der Waals surface area contributed by atoms with Crippen molar-refractivity contribution in [3.63, 3.8) is 0 Å². The average Bonchev–Trinajstić information content (AvgIpc) is 2.02. The second-order valence-electron chi connectivity index (χ2n) is 3.81. The van der Waals surface area contributed by atoms with Crippen molar-refractivity contribution < 1.29 is 9.18 Å².